The van der Waals surface area contributed by atoms with Crippen molar-refractivity contribution in [1.29, 1.82) is 0 Å². The van der Waals surface area contributed by atoms with E-state index in [0.29, 0.717) is 16.5 Å². The first-order valence-electron chi connectivity index (χ1n) is 6.79. The van der Waals surface area contributed by atoms with Crippen LogP contribution in [0.5, 0.6) is 0 Å². The standard InChI is InChI=1S/C15H18N2O3/c1-16-5-7-17(8-6-16)10-11-9-13-12(15(18)19)3-2-4-14(13)20-11/h2-4,9H,5-8,10H2,1H3,(H,18,19). The zero-order chi connectivity index (χ0) is 14.1. The highest BCUT2D eigenvalue weighted by Gasteiger charge is 2.17. The quantitative estimate of drug-likeness (QED) is 0.926. The Bertz CT molecular complexity index is 627. The Kier molecular flexibility index (Phi) is 3.46. The minimum Gasteiger partial charge on any atom is -0.478 e. The van der Waals surface area contributed by atoms with Crippen LogP contribution in [0.1, 0.15) is 16.1 Å². The first-order chi connectivity index (χ1) is 9.63. The van der Waals surface area contributed by atoms with E-state index in [1.807, 2.05) is 12.1 Å². The van der Waals surface area contributed by atoms with Gasteiger partial charge in [0.2, 0.25) is 0 Å². The Labute approximate surface area is 117 Å². The van der Waals surface area contributed by atoms with Gasteiger partial charge in [0.05, 0.1) is 12.1 Å². The maximum atomic E-state index is 11.2. The average molecular weight is 274 g/mol. The second-order valence-electron chi connectivity index (χ2n) is 5.31. The molecular formula is C15H18N2O3. The molecule has 1 fully saturated rings. The van der Waals surface area contributed by atoms with Gasteiger partial charge >= 0.3 is 5.97 Å². The van der Waals surface area contributed by atoms with E-state index in [1.165, 1.54) is 0 Å². The number of likely N-dealkylation sites (N-methyl/N-ethyl adjacent to an activating group) is 1. The maximum absolute atomic E-state index is 11.2. The van der Waals surface area contributed by atoms with Gasteiger partial charge in [-0.05, 0) is 25.2 Å². The van der Waals surface area contributed by atoms with Crippen LogP contribution < -0.4 is 0 Å². The lowest BCUT2D eigenvalue weighted by molar-refractivity contribution is 0.0699. The minimum absolute atomic E-state index is 0.302. The summed E-state index contributed by atoms with van der Waals surface area (Å²) >= 11 is 0. The highest BCUT2D eigenvalue weighted by Crippen LogP contribution is 2.24. The summed E-state index contributed by atoms with van der Waals surface area (Å²) < 4.78 is 5.77. The number of rotatable bonds is 3. The van der Waals surface area contributed by atoms with E-state index in [0.717, 1.165) is 38.5 Å². The lowest BCUT2D eigenvalue weighted by atomic mass is 10.1. The molecular weight excluding hydrogens is 256 g/mol. The molecule has 0 amide bonds. The van der Waals surface area contributed by atoms with E-state index in [9.17, 15) is 9.90 Å². The molecule has 1 saturated heterocycles. The van der Waals surface area contributed by atoms with Gasteiger partial charge in [-0.1, -0.05) is 6.07 Å². The van der Waals surface area contributed by atoms with Gasteiger partial charge in [0.15, 0.2) is 0 Å². The number of carboxylic acids is 1. The Morgan fingerprint density at radius 2 is 2.05 bits per heavy atom. The van der Waals surface area contributed by atoms with Crippen LogP contribution >= 0.6 is 0 Å². The number of furan rings is 1. The molecule has 106 valence electrons. The monoisotopic (exact) mass is 274 g/mol. The van der Waals surface area contributed by atoms with E-state index in [2.05, 4.69) is 16.8 Å². The van der Waals surface area contributed by atoms with Crippen LogP contribution in [0.15, 0.2) is 28.7 Å². The average Bonchev–Trinajstić information content (AvgIpc) is 2.83. The van der Waals surface area contributed by atoms with Gasteiger partial charge in [0.25, 0.3) is 0 Å². The second kappa shape index (κ2) is 5.26. The molecule has 5 heteroatoms. The molecule has 3 rings (SSSR count). The van der Waals surface area contributed by atoms with Gasteiger partial charge < -0.3 is 14.4 Å². The second-order valence-corrected chi connectivity index (χ2v) is 5.31. The molecule has 1 aliphatic heterocycles. The van der Waals surface area contributed by atoms with Crippen molar-refractivity contribution in [2.75, 3.05) is 33.2 Å². The topological polar surface area (TPSA) is 56.9 Å². The van der Waals surface area contributed by atoms with Crippen molar-refractivity contribution < 1.29 is 14.3 Å². The van der Waals surface area contributed by atoms with Crippen LogP contribution in [0.4, 0.5) is 0 Å². The van der Waals surface area contributed by atoms with Crippen LogP contribution in [0.3, 0.4) is 0 Å². The number of hydrogen-bond acceptors (Lipinski definition) is 4. The third kappa shape index (κ3) is 2.55. The minimum atomic E-state index is -0.914. The number of benzene rings is 1. The van der Waals surface area contributed by atoms with E-state index < -0.39 is 5.97 Å². The summed E-state index contributed by atoms with van der Waals surface area (Å²) in [6.07, 6.45) is 0. The fourth-order valence-corrected chi connectivity index (χ4v) is 2.60. The Hall–Kier alpha value is -1.85. The molecule has 1 aromatic heterocycles. The molecule has 0 bridgehead atoms. The molecule has 0 radical (unpaired) electrons. The summed E-state index contributed by atoms with van der Waals surface area (Å²) in [5, 5.41) is 9.87. The summed E-state index contributed by atoms with van der Waals surface area (Å²) in [7, 11) is 2.12. The Morgan fingerprint density at radius 1 is 1.30 bits per heavy atom. The molecule has 1 aromatic carbocycles. The van der Waals surface area contributed by atoms with Crippen molar-refractivity contribution in [2.24, 2.45) is 0 Å². The van der Waals surface area contributed by atoms with Gasteiger partial charge in [-0.3, -0.25) is 4.90 Å². The maximum Gasteiger partial charge on any atom is 0.336 e. The summed E-state index contributed by atoms with van der Waals surface area (Å²) in [4.78, 5) is 15.8. The SMILES string of the molecule is CN1CCN(Cc2cc3c(C(=O)O)cccc3o2)CC1. The van der Waals surface area contributed by atoms with Crippen LogP contribution in [-0.4, -0.2) is 54.1 Å². The smallest absolute Gasteiger partial charge is 0.336 e. The van der Waals surface area contributed by atoms with Crippen molar-refractivity contribution in [3.8, 4) is 0 Å². The van der Waals surface area contributed by atoms with E-state index in [4.69, 9.17) is 4.42 Å². The summed E-state index contributed by atoms with van der Waals surface area (Å²) in [6.45, 7) is 4.88. The third-order valence-corrected chi connectivity index (χ3v) is 3.82. The van der Waals surface area contributed by atoms with Crippen molar-refractivity contribution in [3.05, 3.63) is 35.6 Å². The fourth-order valence-electron chi connectivity index (χ4n) is 2.60. The molecule has 0 aliphatic carbocycles. The first kappa shape index (κ1) is 13.1. The van der Waals surface area contributed by atoms with Gasteiger partial charge in [0.1, 0.15) is 11.3 Å². The van der Waals surface area contributed by atoms with Gasteiger partial charge in [-0.25, -0.2) is 4.79 Å². The third-order valence-electron chi connectivity index (χ3n) is 3.82. The molecule has 5 nitrogen and oxygen atoms in total. The number of carbonyl (C=O) groups is 1. The number of piperazine rings is 1. The predicted molar refractivity (Wildman–Crippen MR) is 75.9 cm³/mol. The lowest BCUT2D eigenvalue weighted by Gasteiger charge is -2.31. The number of hydrogen-bond donors (Lipinski definition) is 1. The molecule has 0 spiro atoms. The fraction of sp³-hybridized carbons (Fsp3) is 0.400. The van der Waals surface area contributed by atoms with Crippen molar-refractivity contribution in [3.63, 3.8) is 0 Å². The molecule has 0 unspecified atom stereocenters. The largest absolute Gasteiger partial charge is 0.478 e. The molecule has 1 aliphatic rings. The molecule has 2 aromatic rings. The zero-order valence-corrected chi connectivity index (χ0v) is 11.5. The van der Waals surface area contributed by atoms with Gasteiger partial charge in [-0.15, -0.1) is 0 Å². The highest BCUT2D eigenvalue weighted by molar-refractivity contribution is 6.02. The normalized spacial score (nSPS) is 17.6. The van der Waals surface area contributed by atoms with Crippen LogP contribution in [-0.2, 0) is 6.54 Å². The number of carboxylic acid groups (broad SMARTS) is 1. The molecule has 0 atom stereocenters. The zero-order valence-electron chi connectivity index (χ0n) is 11.5. The summed E-state index contributed by atoms with van der Waals surface area (Å²) in [5.74, 6) is -0.0826. The van der Waals surface area contributed by atoms with Crippen LogP contribution in [0.2, 0.25) is 0 Å². The highest BCUT2D eigenvalue weighted by atomic mass is 16.4. The van der Waals surface area contributed by atoms with Crippen molar-refractivity contribution >= 4 is 16.9 Å². The predicted octanol–water partition coefficient (Wildman–Crippen LogP) is 1.88. The van der Waals surface area contributed by atoms with Crippen LogP contribution in [0.25, 0.3) is 11.0 Å². The van der Waals surface area contributed by atoms with E-state index in [-0.39, 0.29) is 0 Å². The molecule has 20 heavy (non-hydrogen) atoms. The lowest BCUT2D eigenvalue weighted by Crippen LogP contribution is -2.43. The van der Waals surface area contributed by atoms with Gasteiger partial charge in [-0.2, -0.15) is 0 Å². The van der Waals surface area contributed by atoms with Gasteiger partial charge in [0, 0.05) is 31.6 Å². The molecule has 0 saturated carbocycles. The Balaban J connectivity index is 1.82. The van der Waals surface area contributed by atoms with E-state index >= 15 is 0 Å². The van der Waals surface area contributed by atoms with E-state index in [1.54, 1.807) is 12.1 Å². The van der Waals surface area contributed by atoms with Crippen LogP contribution in [0, 0.1) is 0 Å². The Morgan fingerprint density at radius 3 is 2.75 bits per heavy atom. The van der Waals surface area contributed by atoms with Crippen molar-refractivity contribution in [2.45, 2.75) is 6.54 Å². The number of fused-ring (bicyclic) bond motifs is 1. The summed E-state index contributed by atoms with van der Waals surface area (Å²) in [5.41, 5.74) is 0.949. The van der Waals surface area contributed by atoms with Crippen molar-refractivity contribution in [1.82, 2.24) is 9.80 Å². The first-order valence-corrected chi connectivity index (χ1v) is 6.79. The number of aromatic carboxylic acids is 1. The molecule has 1 N–H and O–H groups in total. The number of nitrogens with zero attached hydrogens (tertiary/aromatic N) is 2. The summed E-state index contributed by atoms with van der Waals surface area (Å²) in [6, 6.07) is 7.00. The molecule has 2 heterocycles.